The van der Waals surface area contributed by atoms with Gasteiger partial charge in [0.25, 0.3) is 0 Å². The number of rotatable bonds is 3. The molecule has 0 bridgehead atoms. The first-order valence-corrected chi connectivity index (χ1v) is 6.34. The van der Waals surface area contributed by atoms with Crippen LogP contribution in [0.1, 0.15) is 10.4 Å². The maximum Gasteiger partial charge on any atom is 0.338 e. The lowest BCUT2D eigenvalue weighted by Crippen LogP contribution is -2.01. The minimum Gasteiger partial charge on any atom is -0.465 e. The van der Waals surface area contributed by atoms with Gasteiger partial charge in [-0.25, -0.2) is 9.78 Å². The molecule has 0 atom stereocenters. The highest BCUT2D eigenvalue weighted by atomic mass is 16.5. The van der Waals surface area contributed by atoms with E-state index in [1.807, 2.05) is 30.3 Å². The van der Waals surface area contributed by atoms with Crippen molar-refractivity contribution in [1.82, 2.24) is 9.97 Å². The van der Waals surface area contributed by atoms with E-state index in [9.17, 15) is 4.79 Å². The molecule has 0 aliphatic rings. The van der Waals surface area contributed by atoms with E-state index in [0.29, 0.717) is 17.2 Å². The molecule has 0 aliphatic heterocycles. The van der Waals surface area contributed by atoms with Gasteiger partial charge in [-0.1, -0.05) is 6.07 Å². The molecule has 21 heavy (non-hydrogen) atoms. The molecular weight excluding hydrogens is 268 g/mol. The lowest BCUT2D eigenvalue weighted by atomic mass is 10.2. The van der Waals surface area contributed by atoms with Crippen molar-refractivity contribution >= 4 is 16.9 Å². The van der Waals surface area contributed by atoms with Crippen molar-refractivity contribution in [2.24, 2.45) is 0 Å². The van der Waals surface area contributed by atoms with Gasteiger partial charge in [-0.05, 0) is 30.3 Å². The van der Waals surface area contributed by atoms with Gasteiger partial charge in [0.2, 0.25) is 5.88 Å². The molecule has 0 aliphatic carbocycles. The predicted molar refractivity (Wildman–Crippen MR) is 77.4 cm³/mol. The van der Waals surface area contributed by atoms with Gasteiger partial charge in [0.1, 0.15) is 5.75 Å². The Morgan fingerprint density at radius 3 is 2.81 bits per heavy atom. The summed E-state index contributed by atoms with van der Waals surface area (Å²) < 4.78 is 10.4. The van der Waals surface area contributed by atoms with Gasteiger partial charge in [-0.15, -0.1) is 0 Å². The molecule has 5 nitrogen and oxygen atoms in total. The van der Waals surface area contributed by atoms with Gasteiger partial charge in [0.05, 0.1) is 18.2 Å². The van der Waals surface area contributed by atoms with Crippen LogP contribution in [0.2, 0.25) is 0 Å². The van der Waals surface area contributed by atoms with Crippen LogP contribution in [0.3, 0.4) is 0 Å². The van der Waals surface area contributed by atoms with Crippen LogP contribution >= 0.6 is 0 Å². The number of carbonyl (C=O) groups excluding carboxylic acids is 1. The van der Waals surface area contributed by atoms with Gasteiger partial charge in [0.15, 0.2) is 0 Å². The van der Waals surface area contributed by atoms with E-state index in [2.05, 4.69) is 14.7 Å². The van der Waals surface area contributed by atoms with Crippen LogP contribution in [0.5, 0.6) is 11.6 Å². The summed E-state index contributed by atoms with van der Waals surface area (Å²) in [5.74, 6) is 0.534. The lowest BCUT2D eigenvalue weighted by molar-refractivity contribution is 0.0600. The maximum absolute atomic E-state index is 11.5. The molecule has 0 N–H and O–H groups in total. The molecule has 0 saturated carbocycles. The number of esters is 1. The topological polar surface area (TPSA) is 61.3 Å². The van der Waals surface area contributed by atoms with Crippen LogP contribution in [0, 0.1) is 0 Å². The van der Waals surface area contributed by atoms with E-state index in [4.69, 9.17) is 4.74 Å². The third-order valence-electron chi connectivity index (χ3n) is 2.98. The van der Waals surface area contributed by atoms with Crippen LogP contribution < -0.4 is 4.74 Å². The summed E-state index contributed by atoms with van der Waals surface area (Å²) in [5.41, 5.74) is 1.22. The minimum absolute atomic E-state index is 0.328. The van der Waals surface area contributed by atoms with Crippen molar-refractivity contribution in [2.45, 2.75) is 0 Å². The maximum atomic E-state index is 11.5. The standard InChI is InChI=1S/C16H12N2O3/c1-20-16(19)11-7-9-18-15(10-11)21-14-6-2-5-13-12(14)4-3-8-17-13/h2-10H,1H3. The fourth-order valence-corrected chi connectivity index (χ4v) is 1.99. The van der Waals surface area contributed by atoms with Crippen molar-refractivity contribution in [3.63, 3.8) is 0 Å². The molecule has 0 fully saturated rings. The molecule has 2 heterocycles. The number of ether oxygens (including phenoxy) is 2. The van der Waals surface area contributed by atoms with Gasteiger partial charge in [-0.2, -0.15) is 0 Å². The fourth-order valence-electron chi connectivity index (χ4n) is 1.99. The van der Waals surface area contributed by atoms with E-state index in [-0.39, 0.29) is 0 Å². The third-order valence-corrected chi connectivity index (χ3v) is 2.98. The number of fused-ring (bicyclic) bond motifs is 1. The van der Waals surface area contributed by atoms with E-state index < -0.39 is 5.97 Å². The Bertz CT molecular complexity index is 797. The average Bonchev–Trinajstić information content (AvgIpc) is 2.55. The minimum atomic E-state index is -0.429. The molecule has 0 spiro atoms. The molecule has 5 heteroatoms. The van der Waals surface area contributed by atoms with Crippen LogP contribution in [0.25, 0.3) is 10.9 Å². The van der Waals surface area contributed by atoms with Crippen LogP contribution in [0.4, 0.5) is 0 Å². The number of pyridine rings is 2. The smallest absolute Gasteiger partial charge is 0.338 e. The first-order chi connectivity index (χ1) is 10.3. The Labute approximate surface area is 121 Å². The summed E-state index contributed by atoms with van der Waals surface area (Å²) in [7, 11) is 1.33. The Morgan fingerprint density at radius 1 is 1.05 bits per heavy atom. The first-order valence-electron chi connectivity index (χ1n) is 6.34. The summed E-state index contributed by atoms with van der Waals surface area (Å²) in [6.07, 6.45) is 3.23. The highest BCUT2D eigenvalue weighted by Gasteiger charge is 2.09. The normalized spacial score (nSPS) is 10.3. The molecule has 1 aromatic carbocycles. The molecule has 104 valence electrons. The van der Waals surface area contributed by atoms with Gasteiger partial charge in [-0.3, -0.25) is 4.98 Å². The van der Waals surface area contributed by atoms with E-state index in [0.717, 1.165) is 10.9 Å². The largest absolute Gasteiger partial charge is 0.465 e. The van der Waals surface area contributed by atoms with Crippen molar-refractivity contribution in [2.75, 3.05) is 7.11 Å². The first kappa shape index (κ1) is 13.1. The number of nitrogens with zero attached hydrogens (tertiary/aromatic N) is 2. The third kappa shape index (κ3) is 2.67. The van der Waals surface area contributed by atoms with Crippen LogP contribution in [-0.4, -0.2) is 23.0 Å². The Morgan fingerprint density at radius 2 is 1.95 bits per heavy atom. The number of benzene rings is 1. The van der Waals surface area contributed by atoms with E-state index >= 15 is 0 Å². The monoisotopic (exact) mass is 280 g/mol. The second-order valence-corrected chi connectivity index (χ2v) is 4.30. The van der Waals surface area contributed by atoms with Gasteiger partial charge < -0.3 is 9.47 Å². The van der Waals surface area contributed by atoms with Crippen LogP contribution in [0.15, 0.2) is 54.9 Å². The predicted octanol–water partition coefficient (Wildman–Crippen LogP) is 3.21. The molecule has 0 saturated heterocycles. The summed E-state index contributed by atoms with van der Waals surface area (Å²) in [6.45, 7) is 0. The number of methoxy groups -OCH3 is 1. The zero-order valence-electron chi connectivity index (χ0n) is 11.3. The lowest BCUT2D eigenvalue weighted by Gasteiger charge is -2.08. The molecule has 2 aromatic heterocycles. The van der Waals surface area contributed by atoms with Gasteiger partial charge in [0, 0.05) is 23.8 Å². The van der Waals surface area contributed by atoms with Crippen molar-refractivity contribution in [3.8, 4) is 11.6 Å². The summed E-state index contributed by atoms with van der Waals surface area (Å²) in [6, 6.07) is 12.5. The summed E-state index contributed by atoms with van der Waals surface area (Å²) in [4.78, 5) is 19.9. The van der Waals surface area contributed by atoms with E-state index in [1.165, 1.54) is 13.3 Å². The molecule has 0 unspecified atom stereocenters. The molecule has 3 aromatic rings. The Kier molecular flexibility index (Phi) is 3.47. The fraction of sp³-hybridized carbons (Fsp3) is 0.0625. The van der Waals surface area contributed by atoms with Gasteiger partial charge >= 0.3 is 5.97 Å². The highest BCUT2D eigenvalue weighted by Crippen LogP contribution is 2.28. The number of aromatic nitrogens is 2. The van der Waals surface area contributed by atoms with Crippen molar-refractivity contribution in [1.29, 1.82) is 0 Å². The average molecular weight is 280 g/mol. The molecule has 0 amide bonds. The Balaban J connectivity index is 1.97. The summed E-state index contributed by atoms with van der Waals surface area (Å²) >= 11 is 0. The summed E-state index contributed by atoms with van der Waals surface area (Å²) in [5, 5.41) is 0.880. The second-order valence-electron chi connectivity index (χ2n) is 4.30. The zero-order chi connectivity index (χ0) is 14.7. The number of hydrogen-bond acceptors (Lipinski definition) is 5. The highest BCUT2D eigenvalue weighted by molar-refractivity contribution is 5.89. The molecule has 3 rings (SSSR count). The molecular formula is C16H12N2O3. The van der Waals surface area contributed by atoms with Crippen LogP contribution in [-0.2, 0) is 4.74 Å². The van der Waals surface area contributed by atoms with Crippen molar-refractivity contribution in [3.05, 3.63) is 60.4 Å². The van der Waals surface area contributed by atoms with E-state index in [1.54, 1.807) is 18.3 Å². The zero-order valence-corrected chi connectivity index (χ0v) is 11.3. The number of carbonyl (C=O) groups is 1. The van der Waals surface area contributed by atoms with Crippen molar-refractivity contribution < 1.29 is 14.3 Å². The molecule has 0 radical (unpaired) electrons. The quantitative estimate of drug-likeness (QED) is 0.689. The number of hydrogen-bond donors (Lipinski definition) is 0. The SMILES string of the molecule is COC(=O)c1ccnc(Oc2cccc3ncccc23)c1. The second kappa shape index (κ2) is 5.58. The Hall–Kier alpha value is -2.95.